The van der Waals surface area contributed by atoms with E-state index in [1.54, 1.807) is 49.6 Å². The second-order valence-corrected chi connectivity index (χ2v) is 5.68. The molecule has 0 spiro atoms. The van der Waals surface area contributed by atoms with Crippen LogP contribution in [0.4, 0.5) is 5.69 Å². The molecule has 0 aromatic heterocycles. The monoisotopic (exact) mass is 371 g/mol. The highest BCUT2D eigenvalue weighted by Crippen LogP contribution is 2.35. The van der Waals surface area contributed by atoms with E-state index in [1.165, 1.54) is 19.2 Å². The summed E-state index contributed by atoms with van der Waals surface area (Å²) in [5.74, 6) is -0.400. The van der Waals surface area contributed by atoms with E-state index in [0.717, 1.165) is 0 Å². The molecular weight excluding hydrogens is 350 g/mol. The Morgan fingerprint density at radius 2 is 1.89 bits per heavy atom. The smallest absolute Gasteiger partial charge is 0.284 e. The van der Waals surface area contributed by atoms with E-state index < -0.39 is 10.7 Å². The molecule has 0 aliphatic rings. The average molecular weight is 371 g/mol. The van der Waals surface area contributed by atoms with E-state index >= 15 is 0 Å². The largest absolute Gasteiger partial charge is 0.466 e. The van der Waals surface area contributed by atoms with Gasteiger partial charge in [0.05, 0.1) is 11.0 Å². The first kappa shape index (κ1) is 20.3. The molecule has 1 unspecified atom stereocenters. The highest BCUT2D eigenvalue weighted by molar-refractivity contribution is 6.13. The van der Waals surface area contributed by atoms with Crippen molar-refractivity contribution in [3.05, 3.63) is 75.3 Å². The molecule has 142 valence electrons. The molecule has 1 atom stereocenters. The number of ether oxygens (including phenoxy) is 3. The van der Waals surface area contributed by atoms with Crippen LogP contribution in [0.25, 0.3) is 6.08 Å². The number of methoxy groups -OCH3 is 2. The highest BCUT2D eigenvalue weighted by atomic mass is 16.7. The maximum Gasteiger partial charge on any atom is 0.284 e. The summed E-state index contributed by atoms with van der Waals surface area (Å²) < 4.78 is 15.7. The molecule has 0 aliphatic heterocycles. The molecule has 0 saturated carbocycles. The van der Waals surface area contributed by atoms with Crippen LogP contribution in [0.2, 0.25) is 0 Å². The van der Waals surface area contributed by atoms with Gasteiger partial charge in [-0.15, -0.1) is 0 Å². The molecule has 0 bridgehead atoms. The second kappa shape index (κ2) is 9.61. The van der Waals surface area contributed by atoms with E-state index in [0.29, 0.717) is 11.1 Å². The van der Waals surface area contributed by atoms with Gasteiger partial charge in [-0.25, -0.2) is 0 Å². The molecule has 0 radical (unpaired) electrons. The summed E-state index contributed by atoms with van der Waals surface area (Å²) in [5.41, 5.74) is 0.400. The zero-order valence-corrected chi connectivity index (χ0v) is 15.4. The summed E-state index contributed by atoms with van der Waals surface area (Å²) in [7, 11) is 3.00. The van der Waals surface area contributed by atoms with Crippen LogP contribution in [0.15, 0.2) is 48.5 Å². The Hall–Kier alpha value is -3.03. The maximum absolute atomic E-state index is 13.0. The fourth-order valence-electron chi connectivity index (χ4n) is 2.42. The lowest BCUT2D eigenvalue weighted by molar-refractivity contribution is -0.385. The van der Waals surface area contributed by atoms with Crippen molar-refractivity contribution in [2.75, 3.05) is 21.0 Å². The van der Waals surface area contributed by atoms with E-state index in [1.807, 2.05) is 6.92 Å². The number of hydrogen-bond acceptors (Lipinski definition) is 6. The van der Waals surface area contributed by atoms with Crippen molar-refractivity contribution in [1.82, 2.24) is 0 Å². The number of rotatable bonds is 9. The molecule has 0 N–H and O–H groups in total. The lowest BCUT2D eigenvalue weighted by Crippen LogP contribution is -2.11. The first-order chi connectivity index (χ1) is 13.0. The fourth-order valence-corrected chi connectivity index (χ4v) is 2.42. The molecule has 27 heavy (non-hydrogen) atoms. The number of nitro benzene ring substituents is 1. The molecular formula is C20H21NO6. The Morgan fingerprint density at radius 3 is 2.48 bits per heavy atom. The fraction of sp³-hybridized carbons (Fsp3) is 0.250. The minimum atomic E-state index is -0.596. The number of carbonyl (C=O) groups is 1. The van der Waals surface area contributed by atoms with Crippen LogP contribution in [0.5, 0.6) is 5.75 Å². The Bertz CT molecular complexity index is 832. The number of nitro groups is 1. The SMILES string of the molecule is COCOc1c(/C=C/C(C)OC)ccc([N+](=O)[O-])c1C(=O)c1ccccc1. The van der Waals surface area contributed by atoms with Crippen molar-refractivity contribution < 1.29 is 23.9 Å². The lowest BCUT2D eigenvalue weighted by atomic mass is 9.97. The third-order valence-electron chi connectivity index (χ3n) is 3.87. The van der Waals surface area contributed by atoms with Crippen LogP contribution in [-0.2, 0) is 9.47 Å². The molecule has 2 aromatic carbocycles. The van der Waals surface area contributed by atoms with Crippen LogP contribution in [0.1, 0.15) is 28.4 Å². The number of nitrogens with zero attached hydrogens (tertiary/aromatic N) is 1. The van der Waals surface area contributed by atoms with Gasteiger partial charge in [-0.05, 0) is 13.0 Å². The van der Waals surface area contributed by atoms with Crippen molar-refractivity contribution in [2.45, 2.75) is 13.0 Å². The van der Waals surface area contributed by atoms with Crippen molar-refractivity contribution in [1.29, 1.82) is 0 Å². The molecule has 0 heterocycles. The van der Waals surface area contributed by atoms with Crippen molar-refractivity contribution in [3.63, 3.8) is 0 Å². The molecule has 2 aromatic rings. The highest BCUT2D eigenvalue weighted by Gasteiger charge is 2.28. The number of carbonyl (C=O) groups excluding carboxylic acids is 1. The molecule has 7 nitrogen and oxygen atoms in total. The molecule has 0 aliphatic carbocycles. The molecule has 0 fully saturated rings. The van der Waals surface area contributed by atoms with Gasteiger partial charge in [0.1, 0.15) is 11.3 Å². The standard InChI is InChI=1S/C20H21NO6/c1-14(26-3)9-10-16-11-12-17(21(23)24)18(20(16)27-13-25-2)19(22)15-7-5-4-6-8-15/h4-12,14H,13H2,1-3H3/b10-9+. The van der Waals surface area contributed by atoms with Gasteiger partial charge in [0.15, 0.2) is 6.79 Å². The van der Waals surface area contributed by atoms with E-state index in [4.69, 9.17) is 14.2 Å². The summed E-state index contributed by atoms with van der Waals surface area (Å²) in [6.07, 6.45) is 3.28. The average Bonchev–Trinajstić information content (AvgIpc) is 2.69. The summed E-state index contributed by atoms with van der Waals surface area (Å²) in [4.78, 5) is 24.0. The summed E-state index contributed by atoms with van der Waals surface area (Å²) in [5, 5.41) is 11.5. The van der Waals surface area contributed by atoms with Crippen molar-refractivity contribution in [2.24, 2.45) is 0 Å². The van der Waals surface area contributed by atoms with Gasteiger partial charge < -0.3 is 14.2 Å². The maximum atomic E-state index is 13.0. The first-order valence-corrected chi connectivity index (χ1v) is 8.23. The molecule has 2 rings (SSSR count). The van der Waals surface area contributed by atoms with Crippen molar-refractivity contribution in [3.8, 4) is 5.75 Å². The van der Waals surface area contributed by atoms with Gasteiger partial charge in [-0.3, -0.25) is 14.9 Å². The third kappa shape index (κ3) is 4.99. The number of ketones is 1. The minimum Gasteiger partial charge on any atom is -0.466 e. The Morgan fingerprint density at radius 1 is 1.19 bits per heavy atom. The minimum absolute atomic E-state index is 0.0967. The third-order valence-corrected chi connectivity index (χ3v) is 3.87. The second-order valence-electron chi connectivity index (χ2n) is 5.68. The normalized spacial score (nSPS) is 12.1. The number of benzene rings is 2. The first-order valence-electron chi connectivity index (χ1n) is 8.23. The van der Waals surface area contributed by atoms with Crippen LogP contribution >= 0.6 is 0 Å². The van der Waals surface area contributed by atoms with Gasteiger partial charge in [-0.1, -0.05) is 42.5 Å². The summed E-state index contributed by atoms with van der Waals surface area (Å²) in [6.45, 7) is 1.69. The van der Waals surface area contributed by atoms with Crippen LogP contribution in [0.3, 0.4) is 0 Å². The molecule has 7 heteroatoms. The van der Waals surface area contributed by atoms with Gasteiger partial charge >= 0.3 is 0 Å². The van der Waals surface area contributed by atoms with Crippen LogP contribution in [0, 0.1) is 10.1 Å². The predicted molar refractivity (Wildman–Crippen MR) is 101 cm³/mol. The topological polar surface area (TPSA) is 87.9 Å². The summed E-state index contributed by atoms with van der Waals surface area (Å²) in [6, 6.07) is 11.2. The van der Waals surface area contributed by atoms with Crippen molar-refractivity contribution >= 4 is 17.5 Å². The quantitative estimate of drug-likeness (QED) is 0.288. The molecule has 0 saturated heterocycles. The predicted octanol–water partition coefficient (Wildman–Crippen LogP) is 3.86. The van der Waals surface area contributed by atoms with E-state index in [9.17, 15) is 14.9 Å². The summed E-state index contributed by atoms with van der Waals surface area (Å²) >= 11 is 0. The lowest BCUT2D eigenvalue weighted by Gasteiger charge is -2.14. The van der Waals surface area contributed by atoms with Crippen LogP contribution < -0.4 is 4.74 Å². The van der Waals surface area contributed by atoms with E-state index in [-0.39, 0.29) is 29.9 Å². The number of hydrogen-bond donors (Lipinski definition) is 0. The Balaban J connectivity index is 2.66. The Labute approximate surface area is 157 Å². The van der Waals surface area contributed by atoms with E-state index in [2.05, 4.69) is 0 Å². The molecule has 0 amide bonds. The van der Waals surface area contributed by atoms with Gasteiger partial charge in [0.25, 0.3) is 5.69 Å². The van der Waals surface area contributed by atoms with Gasteiger partial charge in [-0.2, -0.15) is 0 Å². The zero-order chi connectivity index (χ0) is 19.8. The zero-order valence-electron chi connectivity index (χ0n) is 15.4. The van der Waals surface area contributed by atoms with Gasteiger partial charge in [0.2, 0.25) is 5.78 Å². The Kier molecular flexibility index (Phi) is 7.22. The van der Waals surface area contributed by atoms with Crippen LogP contribution in [-0.4, -0.2) is 37.8 Å². The van der Waals surface area contributed by atoms with Gasteiger partial charge in [0, 0.05) is 31.4 Å².